The highest BCUT2D eigenvalue weighted by Gasteiger charge is 2.18. The molecule has 0 aromatic carbocycles. The van der Waals surface area contributed by atoms with Gasteiger partial charge in [-0.1, -0.05) is 0 Å². The Hall–Kier alpha value is -0.940. The summed E-state index contributed by atoms with van der Waals surface area (Å²) < 4.78 is 0. The third-order valence-corrected chi connectivity index (χ3v) is 3.16. The van der Waals surface area contributed by atoms with E-state index in [0.29, 0.717) is 12.3 Å². The number of nitrogens with zero attached hydrogens (tertiary/aromatic N) is 1. The minimum Gasteiger partial charge on any atom is -0.387 e. The highest BCUT2D eigenvalue weighted by atomic mass is 32.2. The van der Waals surface area contributed by atoms with Crippen molar-refractivity contribution in [2.45, 2.75) is 19.4 Å². The van der Waals surface area contributed by atoms with Crippen molar-refractivity contribution in [3.05, 3.63) is 18.5 Å². The number of nitrogens with one attached hydrogen (secondary N) is 2. The minimum atomic E-state index is -0.701. The van der Waals surface area contributed by atoms with Crippen molar-refractivity contribution >= 4 is 23.1 Å². The van der Waals surface area contributed by atoms with Gasteiger partial charge in [-0.25, -0.2) is 0 Å². The van der Waals surface area contributed by atoms with Crippen molar-refractivity contribution in [1.82, 2.24) is 4.98 Å². The first kappa shape index (κ1) is 14.1. The maximum atomic E-state index is 10.0. The molecule has 0 saturated carbocycles. The van der Waals surface area contributed by atoms with E-state index in [1.807, 2.05) is 26.2 Å². The maximum absolute atomic E-state index is 10.0. The first-order valence-corrected chi connectivity index (χ1v) is 7.11. The second-order valence-corrected chi connectivity index (χ2v) is 5.14. The molecule has 0 spiro atoms. The van der Waals surface area contributed by atoms with Crippen molar-refractivity contribution in [1.29, 1.82) is 0 Å². The Morgan fingerprint density at radius 3 is 2.59 bits per heavy atom. The molecule has 1 unspecified atom stereocenters. The van der Waals surface area contributed by atoms with Crippen molar-refractivity contribution in [2.75, 3.05) is 35.7 Å². The molecule has 1 aromatic heterocycles. The predicted octanol–water partition coefficient (Wildman–Crippen LogP) is 2.04. The largest absolute Gasteiger partial charge is 0.387 e. The second-order valence-electron chi connectivity index (χ2n) is 4.28. The van der Waals surface area contributed by atoms with Crippen molar-refractivity contribution < 1.29 is 5.11 Å². The van der Waals surface area contributed by atoms with E-state index in [2.05, 4.69) is 15.6 Å². The van der Waals surface area contributed by atoms with Gasteiger partial charge in [0.1, 0.15) is 0 Å². The second kappa shape index (κ2) is 6.71. The molecule has 17 heavy (non-hydrogen) atoms. The van der Waals surface area contributed by atoms with E-state index in [9.17, 15) is 5.11 Å². The Morgan fingerprint density at radius 1 is 1.35 bits per heavy atom. The fourth-order valence-corrected chi connectivity index (χ4v) is 2.22. The first-order chi connectivity index (χ1) is 8.07. The van der Waals surface area contributed by atoms with Crippen LogP contribution >= 0.6 is 11.8 Å². The van der Waals surface area contributed by atoms with Crippen molar-refractivity contribution in [3.8, 4) is 0 Å². The van der Waals surface area contributed by atoms with Crippen LogP contribution in [0, 0.1) is 0 Å². The Kier molecular flexibility index (Phi) is 5.58. The van der Waals surface area contributed by atoms with Gasteiger partial charge in [0.15, 0.2) is 0 Å². The molecule has 0 amide bonds. The molecule has 1 atom stereocenters. The lowest BCUT2D eigenvalue weighted by molar-refractivity contribution is 0.0997. The van der Waals surface area contributed by atoms with Crippen LogP contribution in [0.5, 0.6) is 0 Å². The van der Waals surface area contributed by atoms with Crippen LogP contribution < -0.4 is 10.6 Å². The summed E-state index contributed by atoms with van der Waals surface area (Å²) >= 11 is 1.64. The molecule has 0 aliphatic rings. The van der Waals surface area contributed by atoms with E-state index in [0.717, 1.165) is 17.9 Å². The molecule has 0 aliphatic heterocycles. The van der Waals surface area contributed by atoms with Crippen LogP contribution in [-0.4, -0.2) is 40.8 Å². The molecule has 0 bridgehead atoms. The maximum Gasteiger partial charge on any atom is 0.0880 e. The van der Waals surface area contributed by atoms with Crippen LogP contribution in [-0.2, 0) is 0 Å². The van der Waals surface area contributed by atoms with Gasteiger partial charge in [-0.15, -0.1) is 0 Å². The number of rotatable bonds is 7. The Labute approximate surface area is 107 Å². The van der Waals surface area contributed by atoms with E-state index in [1.165, 1.54) is 0 Å². The molecule has 0 saturated heterocycles. The molecular formula is C12H21N3OS. The number of hydrogen-bond donors (Lipinski definition) is 3. The van der Waals surface area contributed by atoms with Gasteiger partial charge in [-0.05, 0) is 26.2 Å². The Bertz CT molecular complexity index is 344. The SMILES string of the molecule is CCNc1cncc(NCC(C)(O)CSC)c1. The van der Waals surface area contributed by atoms with Gasteiger partial charge in [0, 0.05) is 18.8 Å². The molecule has 1 aromatic rings. The highest BCUT2D eigenvalue weighted by Crippen LogP contribution is 2.15. The normalized spacial score (nSPS) is 14.1. The zero-order chi connectivity index (χ0) is 12.7. The van der Waals surface area contributed by atoms with Crippen LogP contribution in [0.15, 0.2) is 18.5 Å². The molecule has 0 aliphatic carbocycles. The van der Waals surface area contributed by atoms with E-state index in [4.69, 9.17) is 0 Å². The van der Waals surface area contributed by atoms with Gasteiger partial charge in [-0.3, -0.25) is 4.98 Å². The van der Waals surface area contributed by atoms with E-state index >= 15 is 0 Å². The Morgan fingerprint density at radius 2 is 2.00 bits per heavy atom. The summed E-state index contributed by atoms with van der Waals surface area (Å²) in [6, 6.07) is 1.99. The van der Waals surface area contributed by atoms with Crippen molar-refractivity contribution in [2.24, 2.45) is 0 Å². The molecule has 5 heteroatoms. The van der Waals surface area contributed by atoms with E-state index in [1.54, 1.807) is 24.2 Å². The zero-order valence-electron chi connectivity index (χ0n) is 10.7. The molecule has 0 radical (unpaired) electrons. The molecule has 96 valence electrons. The molecule has 4 nitrogen and oxygen atoms in total. The van der Waals surface area contributed by atoms with Gasteiger partial charge < -0.3 is 15.7 Å². The number of aromatic nitrogens is 1. The number of pyridine rings is 1. The number of thioether (sulfide) groups is 1. The van der Waals surface area contributed by atoms with Crippen molar-refractivity contribution in [3.63, 3.8) is 0 Å². The quantitative estimate of drug-likeness (QED) is 0.696. The minimum absolute atomic E-state index is 0.519. The summed E-state index contributed by atoms with van der Waals surface area (Å²) in [5, 5.41) is 16.4. The van der Waals surface area contributed by atoms with Gasteiger partial charge in [0.25, 0.3) is 0 Å². The number of hydrogen-bond acceptors (Lipinski definition) is 5. The van der Waals surface area contributed by atoms with Crippen LogP contribution in [0.25, 0.3) is 0 Å². The number of aliphatic hydroxyl groups is 1. The lowest BCUT2D eigenvalue weighted by Crippen LogP contribution is -2.36. The zero-order valence-corrected chi connectivity index (χ0v) is 11.5. The fourth-order valence-electron chi connectivity index (χ4n) is 1.49. The molecule has 1 rings (SSSR count). The summed E-state index contributed by atoms with van der Waals surface area (Å²) in [5.74, 6) is 0.709. The third-order valence-electron chi connectivity index (χ3n) is 2.25. The van der Waals surface area contributed by atoms with Gasteiger partial charge >= 0.3 is 0 Å². The van der Waals surface area contributed by atoms with Crippen LogP contribution in [0.2, 0.25) is 0 Å². The van der Waals surface area contributed by atoms with Gasteiger partial charge in [-0.2, -0.15) is 11.8 Å². The summed E-state index contributed by atoms with van der Waals surface area (Å²) in [4.78, 5) is 4.14. The molecular weight excluding hydrogens is 234 g/mol. The predicted molar refractivity (Wildman–Crippen MR) is 75.9 cm³/mol. The van der Waals surface area contributed by atoms with Crippen LogP contribution in [0.3, 0.4) is 0 Å². The average Bonchev–Trinajstić information content (AvgIpc) is 2.28. The molecule has 0 fully saturated rings. The Balaban J connectivity index is 2.53. The summed E-state index contributed by atoms with van der Waals surface area (Å²) in [5.41, 5.74) is 1.21. The van der Waals surface area contributed by atoms with Gasteiger partial charge in [0.05, 0.1) is 29.4 Å². The average molecular weight is 255 g/mol. The smallest absolute Gasteiger partial charge is 0.0880 e. The highest BCUT2D eigenvalue weighted by molar-refractivity contribution is 7.98. The number of anilines is 2. The van der Waals surface area contributed by atoms with E-state index in [-0.39, 0.29) is 0 Å². The molecule has 1 heterocycles. The lowest BCUT2D eigenvalue weighted by Gasteiger charge is -2.23. The van der Waals surface area contributed by atoms with E-state index < -0.39 is 5.60 Å². The third kappa shape index (κ3) is 5.28. The molecule has 3 N–H and O–H groups in total. The van der Waals surface area contributed by atoms with Crippen LogP contribution in [0.1, 0.15) is 13.8 Å². The first-order valence-electron chi connectivity index (χ1n) is 5.71. The lowest BCUT2D eigenvalue weighted by atomic mass is 10.1. The summed E-state index contributed by atoms with van der Waals surface area (Å²) in [6.45, 7) is 5.27. The van der Waals surface area contributed by atoms with Crippen LogP contribution in [0.4, 0.5) is 11.4 Å². The van der Waals surface area contributed by atoms with Gasteiger partial charge in [0.2, 0.25) is 0 Å². The summed E-state index contributed by atoms with van der Waals surface area (Å²) in [6.07, 6.45) is 5.53. The summed E-state index contributed by atoms with van der Waals surface area (Å²) in [7, 11) is 0. The topological polar surface area (TPSA) is 57.2 Å². The standard InChI is InChI=1S/C12H21N3OS/c1-4-14-10-5-11(7-13-6-10)15-8-12(2,16)9-17-3/h5-7,14-16H,4,8-9H2,1-3H3. The fraction of sp³-hybridized carbons (Fsp3) is 0.583. The monoisotopic (exact) mass is 255 g/mol.